The van der Waals surface area contributed by atoms with Crippen LogP contribution in [0.3, 0.4) is 0 Å². The predicted molar refractivity (Wildman–Crippen MR) is 94.1 cm³/mol. The van der Waals surface area contributed by atoms with Crippen LogP contribution in [0.15, 0.2) is 16.6 Å². The highest BCUT2D eigenvalue weighted by Crippen LogP contribution is 2.31. The molecule has 0 heterocycles. The SMILES string of the molecule is CCOC(=O)CC(N[S@+]([O-])C(C)(C)C)c1cc(Br)cc(Cl)c1F. The number of hydrogen-bond acceptors (Lipinski definition) is 4. The fourth-order valence-electron chi connectivity index (χ4n) is 1.74. The van der Waals surface area contributed by atoms with E-state index in [1.54, 1.807) is 27.7 Å². The van der Waals surface area contributed by atoms with Gasteiger partial charge in [0.15, 0.2) is 0 Å². The van der Waals surface area contributed by atoms with E-state index in [-0.39, 0.29) is 23.6 Å². The zero-order valence-electron chi connectivity index (χ0n) is 13.4. The molecule has 0 radical (unpaired) electrons. The molecule has 0 aliphatic rings. The molecule has 0 saturated carbocycles. The van der Waals surface area contributed by atoms with Gasteiger partial charge in [0, 0.05) is 21.4 Å². The van der Waals surface area contributed by atoms with Crippen molar-refractivity contribution >= 4 is 44.9 Å². The van der Waals surface area contributed by atoms with Crippen LogP contribution in [0.25, 0.3) is 0 Å². The van der Waals surface area contributed by atoms with E-state index in [1.807, 2.05) is 0 Å². The molecule has 0 saturated heterocycles. The summed E-state index contributed by atoms with van der Waals surface area (Å²) in [6.07, 6.45) is -0.153. The van der Waals surface area contributed by atoms with Crippen molar-refractivity contribution in [2.24, 2.45) is 0 Å². The van der Waals surface area contributed by atoms with Gasteiger partial charge in [-0.3, -0.25) is 4.79 Å². The van der Waals surface area contributed by atoms with E-state index in [9.17, 15) is 13.7 Å². The zero-order valence-corrected chi connectivity index (χ0v) is 16.6. The molecule has 23 heavy (non-hydrogen) atoms. The summed E-state index contributed by atoms with van der Waals surface area (Å²) in [6, 6.07) is 2.12. The summed E-state index contributed by atoms with van der Waals surface area (Å²) in [5.74, 6) is -1.16. The second-order valence-electron chi connectivity index (χ2n) is 5.85. The van der Waals surface area contributed by atoms with Crippen molar-refractivity contribution in [3.8, 4) is 0 Å². The third-order valence-electron chi connectivity index (χ3n) is 2.88. The predicted octanol–water partition coefficient (Wildman–Crippen LogP) is 4.29. The number of halogens is 3. The lowest BCUT2D eigenvalue weighted by atomic mass is 10.0. The number of esters is 1. The Morgan fingerprint density at radius 3 is 2.65 bits per heavy atom. The minimum absolute atomic E-state index is 0.0772. The Labute approximate surface area is 152 Å². The molecule has 1 aromatic rings. The number of carbonyl (C=O) groups is 1. The molecule has 0 fully saturated rings. The summed E-state index contributed by atoms with van der Waals surface area (Å²) >= 11 is 7.62. The highest BCUT2D eigenvalue weighted by molar-refractivity contribution is 9.10. The van der Waals surface area contributed by atoms with Crippen LogP contribution in [0.2, 0.25) is 5.02 Å². The van der Waals surface area contributed by atoms with Crippen molar-refractivity contribution < 1.29 is 18.5 Å². The highest BCUT2D eigenvalue weighted by atomic mass is 79.9. The van der Waals surface area contributed by atoms with Gasteiger partial charge in [0.1, 0.15) is 10.6 Å². The lowest BCUT2D eigenvalue weighted by molar-refractivity contribution is -0.143. The Balaban J connectivity index is 3.16. The third kappa shape index (κ3) is 6.23. The quantitative estimate of drug-likeness (QED) is 0.417. The smallest absolute Gasteiger partial charge is 0.307 e. The minimum atomic E-state index is -1.49. The molecule has 0 aliphatic heterocycles. The molecule has 0 aliphatic carbocycles. The van der Waals surface area contributed by atoms with Crippen LogP contribution in [0.1, 0.15) is 45.7 Å². The van der Waals surface area contributed by atoms with Crippen LogP contribution in [-0.4, -0.2) is 21.9 Å². The summed E-state index contributed by atoms with van der Waals surface area (Å²) in [4.78, 5) is 11.8. The van der Waals surface area contributed by atoms with Gasteiger partial charge in [-0.05, 0) is 39.8 Å². The van der Waals surface area contributed by atoms with E-state index < -0.39 is 33.9 Å². The first-order chi connectivity index (χ1) is 10.6. The van der Waals surface area contributed by atoms with Gasteiger partial charge in [0.25, 0.3) is 0 Å². The van der Waals surface area contributed by atoms with Gasteiger partial charge in [0.05, 0.1) is 24.1 Å². The minimum Gasteiger partial charge on any atom is -0.598 e. The molecule has 130 valence electrons. The number of rotatable bonds is 6. The number of ether oxygens (including phenoxy) is 1. The van der Waals surface area contributed by atoms with E-state index in [0.717, 1.165) is 0 Å². The van der Waals surface area contributed by atoms with Crippen molar-refractivity contribution in [2.45, 2.75) is 44.9 Å². The highest BCUT2D eigenvalue weighted by Gasteiger charge is 2.32. The van der Waals surface area contributed by atoms with Crippen LogP contribution in [0.5, 0.6) is 0 Å². The average molecular weight is 429 g/mol. The fourth-order valence-corrected chi connectivity index (χ4v) is 3.39. The number of carbonyl (C=O) groups excluding carboxylic acids is 1. The first-order valence-electron chi connectivity index (χ1n) is 7.04. The van der Waals surface area contributed by atoms with Crippen LogP contribution in [-0.2, 0) is 20.9 Å². The first kappa shape index (κ1) is 20.7. The van der Waals surface area contributed by atoms with Gasteiger partial charge in [0.2, 0.25) is 0 Å². The standard InChI is InChI=1S/C15H20BrClFNO3S/c1-5-22-13(20)8-12(19-23(21)15(2,3)4)10-6-9(16)7-11(17)14(10)18/h6-7,12,19H,5,8H2,1-4H3/t12?,23-/m1/s1. The molecule has 0 spiro atoms. The van der Waals surface area contributed by atoms with E-state index in [1.165, 1.54) is 12.1 Å². The molecule has 0 aromatic heterocycles. The van der Waals surface area contributed by atoms with Crippen molar-refractivity contribution in [1.82, 2.24) is 4.72 Å². The summed E-state index contributed by atoms with van der Waals surface area (Å²) in [5.41, 5.74) is 0.162. The number of benzene rings is 1. The fraction of sp³-hybridized carbons (Fsp3) is 0.533. The van der Waals surface area contributed by atoms with Crippen LogP contribution < -0.4 is 4.72 Å². The largest absolute Gasteiger partial charge is 0.598 e. The van der Waals surface area contributed by atoms with Gasteiger partial charge >= 0.3 is 5.97 Å². The molecule has 1 unspecified atom stereocenters. The van der Waals surface area contributed by atoms with E-state index in [0.29, 0.717) is 4.47 Å². The average Bonchev–Trinajstić information content (AvgIpc) is 2.41. The van der Waals surface area contributed by atoms with Crippen LogP contribution in [0.4, 0.5) is 4.39 Å². The van der Waals surface area contributed by atoms with Crippen molar-refractivity contribution in [3.05, 3.63) is 33.0 Å². The summed E-state index contributed by atoms with van der Waals surface area (Å²) in [5, 5.41) is -0.0772. The molecule has 4 nitrogen and oxygen atoms in total. The molecule has 1 aromatic carbocycles. The lowest BCUT2D eigenvalue weighted by Crippen LogP contribution is -2.42. The summed E-state index contributed by atoms with van der Waals surface area (Å²) < 4.78 is 34.4. The molecular formula is C15H20BrClFNO3S. The molecular weight excluding hydrogens is 409 g/mol. The Kier molecular flexibility index (Phi) is 7.80. The molecule has 1 N–H and O–H groups in total. The normalized spacial score (nSPS) is 14.4. The topological polar surface area (TPSA) is 61.4 Å². The maximum atomic E-state index is 14.4. The molecule has 8 heteroatoms. The third-order valence-corrected chi connectivity index (χ3v) is 5.22. The van der Waals surface area contributed by atoms with Gasteiger partial charge in [-0.1, -0.05) is 27.5 Å². The van der Waals surface area contributed by atoms with E-state index >= 15 is 0 Å². The zero-order chi connectivity index (χ0) is 17.8. The van der Waals surface area contributed by atoms with E-state index in [2.05, 4.69) is 20.7 Å². The van der Waals surface area contributed by atoms with Crippen molar-refractivity contribution in [1.29, 1.82) is 0 Å². The second kappa shape index (κ2) is 8.67. The molecule has 1 rings (SSSR count). The number of hydrogen-bond donors (Lipinski definition) is 1. The van der Waals surface area contributed by atoms with Gasteiger partial charge < -0.3 is 9.29 Å². The first-order valence-corrected chi connectivity index (χ1v) is 9.36. The Morgan fingerprint density at radius 2 is 2.13 bits per heavy atom. The summed E-state index contributed by atoms with van der Waals surface area (Å²) in [7, 11) is 0. The maximum absolute atomic E-state index is 14.4. The molecule has 2 atom stereocenters. The van der Waals surface area contributed by atoms with E-state index in [4.69, 9.17) is 16.3 Å². The molecule has 0 amide bonds. The Hall–Kier alpha value is -0.340. The maximum Gasteiger partial charge on any atom is 0.307 e. The van der Waals surface area contributed by atoms with Crippen molar-refractivity contribution in [2.75, 3.05) is 6.61 Å². The Morgan fingerprint density at radius 1 is 1.52 bits per heavy atom. The Bertz CT molecular complexity index is 568. The van der Waals surface area contributed by atoms with Crippen LogP contribution in [0, 0.1) is 5.82 Å². The summed E-state index contributed by atoms with van der Waals surface area (Å²) in [6.45, 7) is 7.24. The monoisotopic (exact) mass is 427 g/mol. The number of nitrogens with one attached hydrogen (secondary N) is 1. The molecule has 0 bridgehead atoms. The lowest BCUT2D eigenvalue weighted by Gasteiger charge is -2.28. The van der Waals surface area contributed by atoms with Gasteiger partial charge in [-0.2, -0.15) is 0 Å². The van der Waals surface area contributed by atoms with Crippen LogP contribution >= 0.6 is 27.5 Å². The second-order valence-corrected chi connectivity index (χ2v) is 9.17. The van der Waals surface area contributed by atoms with Crippen molar-refractivity contribution in [3.63, 3.8) is 0 Å². The van der Waals surface area contributed by atoms with Gasteiger partial charge in [-0.15, -0.1) is 4.72 Å². The van der Waals surface area contributed by atoms with Gasteiger partial charge in [-0.25, -0.2) is 4.39 Å².